The molecule has 4 heterocycles. The number of nitrogens with zero attached hydrogens (tertiary/aromatic N) is 7. The monoisotopic (exact) mass is 630 g/mol. The van der Waals surface area contributed by atoms with E-state index in [1.54, 1.807) is 53.6 Å². The summed E-state index contributed by atoms with van der Waals surface area (Å²) in [4.78, 5) is 30.9. The topological polar surface area (TPSA) is 101 Å². The summed E-state index contributed by atoms with van der Waals surface area (Å²) in [5.74, 6) is 0.455. The van der Waals surface area contributed by atoms with Gasteiger partial charge in [0.05, 0.1) is 11.8 Å². The van der Waals surface area contributed by atoms with Crippen LogP contribution in [0.25, 0.3) is 22.4 Å². The third-order valence-corrected chi connectivity index (χ3v) is 8.02. The number of aryl methyl sites for hydroxylation is 2. The minimum Gasteiger partial charge on any atom is -0.438 e. The normalized spacial score (nSPS) is 14.5. The first-order valence-electron chi connectivity index (χ1n) is 14.9. The number of likely N-dealkylation sites (N-methyl/N-ethyl adjacent to an activating group) is 1. The zero-order chi connectivity index (χ0) is 32.4. The first kappa shape index (κ1) is 31.1. The van der Waals surface area contributed by atoms with E-state index >= 15 is 0 Å². The van der Waals surface area contributed by atoms with E-state index in [4.69, 9.17) is 9.72 Å². The molecule has 1 N–H and O–H groups in total. The molecule has 1 fully saturated rings. The van der Waals surface area contributed by atoms with Crippen LogP contribution in [0, 0.1) is 6.92 Å². The van der Waals surface area contributed by atoms with Gasteiger partial charge in [-0.05, 0) is 68.4 Å². The van der Waals surface area contributed by atoms with E-state index in [0.717, 1.165) is 30.3 Å². The van der Waals surface area contributed by atoms with Gasteiger partial charge in [-0.15, -0.1) is 0 Å². The van der Waals surface area contributed by atoms with Crippen LogP contribution in [-0.4, -0.2) is 73.7 Å². The van der Waals surface area contributed by atoms with Crippen molar-refractivity contribution in [1.29, 1.82) is 0 Å². The van der Waals surface area contributed by atoms with Crippen LogP contribution in [0.15, 0.2) is 67.1 Å². The van der Waals surface area contributed by atoms with Gasteiger partial charge in [0, 0.05) is 68.5 Å². The molecular formula is C33H33F3N8O2. The molecule has 0 radical (unpaired) electrons. The maximum absolute atomic E-state index is 14.1. The maximum Gasteiger partial charge on any atom is 0.416 e. The number of anilines is 1. The van der Waals surface area contributed by atoms with Crippen LogP contribution < -0.4 is 10.1 Å². The summed E-state index contributed by atoms with van der Waals surface area (Å²) in [5, 5.41) is 7.62. The van der Waals surface area contributed by atoms with Crippen molar-refractivity contribution in [2.45, 2.75) is 33.1 Å². The van der Waals surface area contributed by atoms with Crippen LogP contribution in [0.4, 0.5) is 18.9 Å². The zero-order valence-electron chi connectivity index (χ0n) is 25.7. The number of pyridine rings is 1. The van der Waals surface area contributed by atoms with Gasteiger partial charge >= 0.3 is 6.18 Å². The number of carbonyl (C=O) groups is 1. The molecule has 0 saturated carbocycles. The highest BCUT2D eigenvalue weighted by molar-refractivity contribution is 6.04. The molecule has 1 aliphatic rings. The summed E-state index contributed by atoms with van der Waals surface area (Å²) in [7, 11) is 2.00. The minimum atomic E-state index is -4.57. The fourth-order valence-electron chi connectivity index (χ4n) is 5.33. The Balaban J connectivity index is 1.26. The Morgan fingerprint density at radius 3 is 2.48 bits per heavy atom. The highest BCUT2D eigenvalue weighted by atomic mass is 19.4. The number of carbonyl (C=O) groups excluding carboxylic acids is 1. The summed E-state index contributed by atoms with van der Waals surface area (Å²) in [6.45, 7) is 7.52. The van der Waals surface area contributed by atoms with Crippen molar-refractivity contribution in [3.8, 4) is 23.0 Å². The molecule has 1 aliphatic heterocycles. The minimum absolute atomic E-state index is 0.0500. The van der Waals surface area contributed by atoms with Crippen molar-refractivity contribution in [2.75, 3.05) is 38.5 Å². The number of piperazine rings is 1. The SMILES string of the molecule is CCn1ncc2c(Oc3cc(C(=O)Nc4ccc(CN5CCN(C)CC5)c(C(F)(F)F)c4)ccc3C)nc(-c3ccncc3)nc21. The molecule has 46 heavy (non-hydrogen) atoms. The smallest absolute Gasteiger partial charge is 0.416 e. The van der Waals surface area contributed by atoms with Gasteiger partial charge in [0.15, 0.2) is 11.5 Å². The predicted octanol–water partition coefficient (Wildman–Crippen LogP) is 6.03. The average molecular weight is 631 g/mol. The number of fused-ring (bicyclic) bond motifs is 1. The third-order valence-electron chi connectivity index (χ3n) is 8.02. The molecule has 238 valence electrons. The molecule has 1 saturated heterocycles. The lowest BCUT2D eigenvalue weighted by Gasteiger charge is -2.33. The van der Waals surface area contributed by atoms with E-state index < -0.39 is 17.6 Å². The molecule has 6 rings (SSSR count). The first-order valence-corrected chi connectivity index (χ1v) is 14.9. The summed E-state index contributed by atoms with van der Waals surface area (Å²) < 4.78 is 50.3. The Morgan fingerprint density at radius 2 is 1.76 bits per heavy atom. The second-order valence-electron chi connectivity index (χ2n) is 11.3. The van der Waals surface area contributed by atoms with Crippen LogP contribution in [0.2, 0.25) is 0 Å². The van der Waals surface area contributed by atoms with E-state index in [2.05, 4.69) is 25.3 Å². The lowest BCUT2D eigenvalue weighted by atomic mass is 10.0. The van der Waals surface area contributed by atoms with Crippen LogP contribution in [0.3, 0.4) is 0 Å². The van der Waals surface area contributed by atoms with Crippen LogP contribution in [-0.2, 0) is 19.3 Å². The predicted molar refractivity (Wildman–Crippen MR) is 168 cm³/mol. The van der Waals surface area contributed by atoms with Crippen molar-refractivity contribution in [2.24, 2.45) is 0 Å². The molecule has 10 nitrogen and oxygen atoms in total. The molecule has 2 aromatic carbocycles. The second-order valence-corrected chi connectivity index (χ2v) is 11.3. The summed E-state index contributed by atoms with van der Waals surface area (Å²) in [6, 6.07) is 12.4. The number of benzene rings is 2. The summed E-state index contributed by atoms with van der Waals surface area (Å²) in [5.41, 5.74) is 1.72. The van der Waals surface area contributed by atoms with Crippen molar-refractivity contribution in [3.63, 3.8) is 0 Å². The van der Waals surface area contributed by atoms with E-state index in [1.807, 2.05) is 25.8 Å². The van der Waals surface area contributed by atoms with Gasteiger partial charge in [0.2, 0.25) is 5.88 Å². The largest absolute Gasteiger partial charge is 0.438 e. The Hall–Kier alpha value is -4.88. The fourth-order valence-corrected chi connectivity index (χ4v) is 5.33. The van der Waals surface area contributed by atoms with E-state index in [-0.39, 0.29) is 29.2 Å². The molecule has 5 aromatic rings. The van der Waals surface area contributed by atoms with Crippen LogP contribution in [0.1, 0.15) is 34.0 Å². The van der Waals surface area contributed by atoms with Crippen molar-refractivity contribution in [1.82, 2.24) is 34.5 Å². The van der Waals surface area contributed by atoms with Gasteiger partial charge in [0.25, 0.3) is 5.91 Å². The fraction of sp³-hybridized carbons (Fsp3) is 0.303. The quantitative estimate of drug-likeness (QED) is 0.222. The highest BCUT2D eigenvalue weighted by Gasteiger charge is 2.34. The van der Waals surface area contributed by atoms with E-state index in [9.17, 15) is 18.0 Å². The number of hydrogen-bond donors (Lipinski definition) is 1. The van der Waals surface area contributed by atoms with E-state index in [1.165, 1.54) is 12.1 Å². The number of rotatable bonds is 8. The lowest BCUT2D eigenvalue weighted by molar-refractivity contribution is -0.138. The molecule has 1 amide bonds. The highest BCUT2D eigenvalue weighted by Crippen LogP contribution is 2.35. The first-order chi connectivity index (χ1) is 22.1. The van der Waals surface area contributed by atoms with Gasteiger partial charge < -0.3 is 15.0 Å². The Kier molecular flexibility index (Phi) is 8.69. The lowest BCUT2D eigenvalue weighted by Crippen LogP contribution is -2.44. The average Bonchev–Trinajstić information content (AvgIpc) is 3.47. The Labute approximate surface area is 263 Å². The van der Waals surface area contributed by atoms with Gasteiger partial charge in [-0.1, -0.05) is 12.1 Å². The summed E-state index contributed by atoms with van der Waals surface area (Å²) in [6.07, 6.45) is 0.343. The molecular weight excluding hydrogens is 597 g/mol. The number of ether oxygens (including phenoxy) is 1. The van der Waals surface area contributed by atoms with E-state index in [0.29, 0.717) is 42.2 Å². The van der Waals surface area contributed by atoms with Crippen molar-refractivity contribution in [3.05, 3.63) is 89.4 Å². The number of nitrogens with one attached hydrogen (secondary N) is 1. The van der Waals surface area contributed by atoms with Gasteiger partial charge in [-0.2, -0.15) is 23.3 Å². The van der Waals surface area contributed by atoms with Crippen molar-refractivity contribution < 1.29 is 22.7 Å². The standard InChI is InChI=1S/C33H33F3N8O2/c1-4-44-30-26(19-38-44)32(41-29(40-30)22-9-11-37-12-10-22)46-28-17-23(6-5-21(28)2)31(45)39-25-8-7-24(27(18-25)33(34,35)36)20-43-15-13-42(3)14-16-43/h5-12,17-19H,4,13-16,20H2,1-3H3,(H,39,45). The Bertz CT molecular complexity index is 1870. The van der Waals surface area contributed by atoms with Gasteiger partial charge in [-0.25, -0.2) is 9.67 Å². The molecule has 13 heteroatoms. The molecule has 0 aliphatic carbocycles. The number of hydrogen-bond acceptors (Lipinski definition) is 8. The molecule has 0 bridgehead atoms. The number of halogens is 3. The number of aromatic nitrogens is 5. The van der Waals surface area contributed by atoms with Gasteiger partial charge in [-0.3, -0.25) is 14.7 Å². The maximum atomic E-state index is 14.1. The van der Waals surface area contributed by atoms with Gasteiger partial charge in [0.1, 0.15) is 11.1 Å². The zero-order valence-corrected chi connectivity index (χ0v) is 25.7. The molecule has 3 aromatic heterocycles. The number of amides is 1. The number of alkyl halides is 3. The molecule has 0 spiro atoms. The third kappa shape index (κ3) is 6.70. The van der Waals surface area contributed by atoms with Crippen molar-refractivity contribution >= 4 is 22.6 Å². The molecule has 0 unspecified atom stereocenters. The summed E-state index contributed by atoms with van der Waals surface area (Å²) >= 11 is 0. The van der Waals surface area contributed by atoms with Crippen LogP contribution in [0.5, 0.6) is 11.6 Å². The molecule has 0 atom stereocenters. The van der Waals surface area contributed by atoms with Crippen LogP contribution >= 0.6 is 0 Å². The second kappa shape index (κ2) is 12.9. The Morgan fingerprint density at radius 1 is 1.00 bits per heavy atom.